The molecule has 1 saturated carbocycles. The number of aliphatic hydroxyl groups is 2. The molecule has 2 heteroatoms. The van der Waals surface area contributed by atoms with Gasteiger partial charge in [-0.25, -0.2) is 0 Å². The highest BCUT2D eigenvalue weighted by molar-refractivity contribution is 5.22. The predicted molar refractivity (Wildman–Crippen MR) is 59.6 cm³/mol. The second-order valence-corrected chi connectivity index (χ2v) is 4.36. The molecule has 2 N–H and O–H groups in total. The molecule has 0 aliphatic heterocycles. The maximum absolute atomic E-state index is 10.1. The highest BCUT2D eigenvalue weighted by atomic mass is 16.3. The molecule has 0 amide bonds. The van der Waals surface area contributed by atoms with E-state index in [0.717, 1.165) is 19.3 Å². The molecule has 0 heterocycles. The number of hydrogen-bond acceptors (Lipinski definition) is 2. The summed E-state index contributed by atoms with van der Waals surface area (Å²) in [5, 5.41) is 19.0. The Labute approximate surface area is 90.6 Å². The van der Waals surface area contributed by atoms with E-state index in [-0.39, 0.29) is 24.5 Å². The third-order valence-corrected chi connectivity index (χ3v) is 3.47. The van der Waals surface area contributed by atoms with E-state index in [0.29, 0.717) is 0 Å². The van der Waals surface area contributed by atoms with Crippen molar-refractivity contribution in [3.05, 3.63) is 35.9 Å². The van der Waals surface area contributed by atoms with E-state index in [1.54, 1.807) is 0 Å². The van der Waals surface area contributed by atoms with Crippen molar-refractivity contribution in [2.75, 3.05) is 6.61 Å². The van der Waals surface area contributed by atoms with E-state index in [2.05, 4.69) is 12.1 Å². The van der Waals surface area contributed by atoms with Crippen LogP contribution in [-0.2, 0) is 0 Å². The minimum absolute atomic E-state index is 0.184. The van der Waals surface area contributed by atoms with E-state index >= 15 is 0 Å². The minimum atomic E-state index is -0.278. The largest absolute Gasteiger partial charge is 0.396 e. The molecule has 2 nitrogen and oxygen atoms in total. The van der Waals surface area contributed by atoms with Crippen LogP contribution in [0.4, 0.5) is 0 Å². The second kappa shape index (κ2) is 4.77. The van der Waals surface area contributed by atoms with Gasteiger partial charge in [0.1, 0.15) is 0 Å². The maximum Gasteiger partial charge on any atom is 0.0637 e. The highest BCUT2D eigenvalue weighted by Gasteiger charge is 2.34. The Hall–Kier alpha value is -0.860. The van der Waals surface area contributed by atoms with E-state index in [1.165, 1.54) is 5.56 Å². The van der Waals surface area contributed by atoms with Crippen LogP contribution in [0.2, 0.25) is 0 Å². The van der Waals surface area contributed by atoms with Gasteiger partial charge in [0.05, 0.1) is 6.10 Å². The van der Waals surface area contributed by atoms with Crippen molar-refractivity contribution in [2.24, 2.45) is 5.92 Å². The normalized spacial score (nSPS) is 30.7. The van der Waals surface area contributed by atoms with Crippen LogP contribution in [0.3, 0.4) is 0 Å². The van der Waals surface area contributed by atoms with Crippen molar-refractivity contribution in [1.82, 2.24) is 0 Å². The molecule has 1 aliphatic rings. The zero-order valence-electron chi connectivity index (χ0n) is 8.84. The quantitative estimate of drug-likeness (QED) is 0.793. The Morgan fingerprint density at radius 1 is 1.13 bits per heavy atom. The van der Waals surface area contributed by atoms with Gasteiger partial charge < -0.3 is 10.2 Å². The second-order valence-electron chi connectivity index (χ2n) is 4.36. The fraction of sp³-hybridized carbons (Fsp3) is 0.538. The summed E-state index contributed by atoms with van der Waals surface area (Å²) in [7, 11) is 0. The van der Waals surface area contributed by atoms with Crippen molar-refractivity contribution in [2.45, 2.75) is 31.3 Å². The summed E-state index contributed by atoms with van der Waals surface area (Å²) in [6.45, 7) is 0.184. The first-order chi connectivity index (χ1) is 7.33. The van der Waals surface area contributed by atoms with Crippen LogP contribution < -0.4 is 0 Å². The SMILES string of the molecule is OCCC1CCC(c2ccccc2)C1O. The van der Waals surface area contributed by atoms with Crippen LogP contribution in [0.15, 0.2) is 30.3 Å². The van der Waals surface area contributed by atoms with Crippen molar-refractivity contribution in [3.63, 3.8) is 0 Å². The lowest BCUT2D eigenvalue weighted by Gasteiger charge is -2.19. The van der Waals surface area contributed by atoms with Crippen LogP contribution in [0.1, 0.15) is 30.7 Å². The first-order valence-corrected chi connectivity index (χ1v) is 5.67. The summed E-state index contributed by atoms with van der Waals surface area (Å²) in [5.74, 6) is 0.544. The van der Waals surface area contributed by atoms with Crippen LogP contribution in [0, 0.1) is 5.92 Å². The first kappa shape index (κ1) is 10.7. The predicted octanol–water partition coefficient (Wildman–Crippen LogP) is 1.92. The smallest absolute Gasteiger partial charge is 0.0637 e. The summed E-state index contributed by atoms with van der Waals surface area (Å²) in [4.78, 5) is 0. The topological polar surface area (TPSA) is 40.5 Å². The summed E-state index contributed by atoms with van der Waals surface area (Å²) in [6.07, 6.45) is 2.52. The molecular weight excluding hydrogens is 188 g/mol. The summed E-state index contributed by atoms with van der Waals surface area (Å²) in [6, 6.07) is 10.2. The van der Waals surface area contributed by atoms with Gasteiger partial charge in [0, 0.05) is 12.5 Å². The zero-order chi connectivity index (χ0) is 10.7. The Bertz CT molecular complexity index is 297. The Morgan fingerprint density at radius 2 is 1.87 bits per heavy atom. The van der Waals surface area contributed by atoms with Gasteiger partial charge in [-0.2, -0.15) is 0 Å². The molecule has 0 aromatic heterocycles. The van der Waals surface area contributed by atoms with E-state index < -0.39 is 0 Å². The third-order valence-electron chi connectivity index (χ3n) is 3.47. The van der Waals surface area contributed by atoms with E-state index in [9.17, 15) is 5.11 Å². The van der Waals surface area contributed by atoms with Crippen molar-refractivity contribution in [1.29, 1.82) is 0 Å². The van der Waals surface area contributed by atoms with Crippen LogP contribution in [-0.4, -0.2) is 22.9 Å². The number of benzene rings is 1. The molecule has 3 unspecified atom stereocenters. The maximum atomic E-state index is 10.1. The fourth-order valence-corrected chi connectivity index (χ4v) is 2.61. The van der Waals surface area contributed by atoms with E-state index in [1.807, 2.05) is 18.2 Å². The molecule has 0 bridgehead atoms. The number of rotatable bonds is 3. The average Bonchev–Trinajstić information content (AvgIpc) is 2.63. The molecule has 0 saturated heterocycles. The van der Waals surface area contributed by atoms with Crippen molar-refractivity contribution in [3.8, 4) is 0 Å². The lowest BCUT2D eigenvalue weighted by atomic mass is 9.92. The summed E-state index contributed by atoms with van der Waals surface area (Å²) >= 11 is 0. The lowest BCUT2D eigenvalue weighted by molar-refractivity contribution is 0.100. The lowest BCUT2D eigenvalue weighted by Crippen LogP contribution is -2.20. The molecule has 82 valence electrons. The van der Waals surface area contributed by atoms with Gasteiger partial charge >= 0.3 is 0 Å². The Balaban J connectivity index is 2.07. The van der Waals surface area contributed by atoms with Gasteiger partial charge in [-0.15, -0.1) is 0 Å². The van der Waals surface area contributed by atoms with Gasteiger partial charge in [0.25, 0.3) is 0 Å². The molecule has 15 heavy (non-hydrogen) atoms. The zero-order valence-corrected chi connectivity index (χ0v) is 8.84. The van der Waals surface area contributed by atoms with Crippen LogP contribution in [0.5, 0.6) is 0 Å². The molecular formula is C13H18O2. The molecule has 1 aromatic carbocycles. The Morgan fingerprint density at radius 3 is 2.53 bits per heavy atom. The first-order valence-electron chi connectivity index (χ1n) is 5.67. The fourth-order valence-electron chi connectivity index (χ4n) is 2.61. The number of hydrogen-bond donors (Lipinski definition) is 2. The standard InChI is InChI=1S/C13H18O2/c14-9-8-11-6-7-12(13(11)15)10-4-2-1-3-5-10/h1-5,11-15H,6-9H2. The molecule has 3 atom stereocenters. The molecule has 1 fully saturated rings. The van der Waals surface area contributed by atoms with Gasteiger partial charge in [0.2, 0.25) is 0 Å². The van der Waals surface area contributed by atoms with Crippen LogP contribution >= 0.6 is 0 Å². The molecule has 1 aliphatic carbocycles. The monoisotopic (exact) mass is 206 g/mol. The van der Waals surface area contributed by atoms with Gasteiger partial charge in [-0.05, 0) is 30.7 Å². The third kappa shape index (κ3) is 2.21. The minimum Gasteiger partial charge on any atom is -0.396 e. The van der Waals surface area contributed by atoms with Gasteiger partial charge in [0.15, 0.2) is 0 Å². The van der Waals surface area contributed by atoms with Crippen molar-refractivity contribution < 1.29 is 10.2 Å². The van der Waals surface area contributed by atoms with Crippen molar-refractivity contribution >= 4 is 0 Å². The average molecular weight is 206 g/mol. The number of aliphatic hydroxyl groups excluding tert-OH is 2. The molecule has 1 aromatic rings. The molecule has 0 radical (unpaired) electrons. The van der Waals surface area contributed by atoms with Gasteiger partial charge in [-0.3, -0.25) is 0 Å². The highest BCUT2D eigenvalue weighted by Crippen LogP contribution is 2.39. The van der Waals surface area contributed by atoms with Gasteiger partial charge in [-0.1, -0.05) is 30.3 Å². The summed E-state index contributed by atoms with van der Waals surface area (Å²) in [5.41, 5.74) is 1.23. The summed E-state index contributed by atoms with van der Waals surface area (Å²) < 4.78 is 0. The van der Waals surface area contributed by atoms with E-state index in [4.69, 9.17) is 5.11 Å². The molecule has 0 spiro atoms. The van der Waals surface area contributed by atoms with Crippen LogP contribution in [0.25, 0.3) is 0 Å². The Kier molecular flexibility index (Phi) is 3.39. The molecule has 2 rings (SSSR count).